The van der Waals surface area contributed by atoms with Crippen molar-refractivity contribution in [2.75, 3.05) is 0 Å². The van der Waals surface area contributed by atoms with Crippen molar-refractivity contribution in [3.8, 4) is 0 Å². The highest BCUT2D eigenvalue weighted by Gasteiger charge is 1.99. The normalized spacial score (nSPS) is 9.80. The molecule has 0 aromatic carbocycles. The van der Waals surface area contributed by atoms with Crippen LogP contribution in [-0.4, -0.2) is 20.8 Å². The first-order valence-electron chi connectivity index (χ1n) is 3.03. The van der Waals surface area contributed by atoms with Crippen LogP contribution in [0.5, 0.6) is 0 Å². The molecule has 0 N–H and O–H groups in total. The third-order valence-corrected chi connectivity index (χ3v) is 1.08. The van der Waals surface area contributed by atoms with Crippen molar-refractivity contribution >= 4 is 5.78 Å². The van der Waals surface area contributed by atoms with Crippen LogP contribution in [0.1, 0.15) is 12.6 Å². The van der Waals surface area contributed by atoms with Crippen molar-refractivity contribution in [2.24, 2.45) is 7.05 Å². The summed E-state index contributed by atoms with van der Waals surface area (Å²) in [4.78, 5) is 10.5. The van der Waals surface area contributed by atoms with E-state index in [0.29, 0.717) is 6.42 Å². The Bertz CT molecular complexity index is 241. The van der Waals surface area contributed by atoms with Gasteiger partial charge in [0.05, 0.1) is 12.1 Å². The Morgan fingerprint density at radius 2 is 2.50 bits per heavy atom. The minimum atomic E-state index is 0.112. The molecule has 0 saturated carbocycles. The molecule has 0 amide bonds. The molecule has 0 aliphatic rings. The Morgan fingerprint density at radius 3 is 2.90 bits per heavy atom. The summed E-state index contributed by atoms with van der Waals surface area (Å²) in [6.45, 7) is 1.54. The third-order valence-electron chi connectivity index (χ3n) is 1.08. The molecule has 10 heavy (non-hydrogen) atoms. The molecule has 1 heterocycles. The van der Waals surface area contributed by atoms with Crippen molar-refractivity contribution in [1.82, 2.24) is 15.0 Å². The Morgan fingerprint density at radius 1 is 1.80 bits per heavy atom. The van der Waals surface area contributed by atoms with Crippen LogP contribution in [0.3, 0.4) is 0 Å². The predicted molar refractivity (Wildman–Crippen MR) is 35.4 cm³/mol. The lowest BCUT2D eigenvalue weighted by molar-refractivity contribution is -0.116. The zero-order valence-electron chi connectivity index (χ0n) is 6.03. The van der Waals surface area contributed by atoms with Gasteiger partial charge in [-0.15, -0.1) is 5.10 Å². The van der Waals surface area contributed by atoms with E-state index in [4.69, 9.17) is 0 Å². The molecule has 1 rings (SSSR count). The molecule has 4 heteroatoms. The molecule has 0 bridgehead atoms. The average molecular weight is 139 g/mol. The molecule has 0 aliphatic heterocycles. The third kappa shape index (κ3) is 1.65. The summed E-state index contributed by atoms with van der Waals surface area (Å²) in [7, 11) is 1.77. The smallest absolute Gasteiger partial charge is 0.135 e. The molecule has 0 fully saturated rings. The first kappa shape index (κ1) is 6.92. The number of hydrogen-bond acceptors (Lipinski definition) is 3. The van der Waals surface area contributed by atoms with Crippen LogP contribution < -0.4 is 0 Å². The second-order valence-electron chi connectivity index (χ2n) is 2.26. The lowest BCUT2D eigenvalue weighted by Crippen LogP contribution is -1.95. The van der Waals surface area contributed by atoms with E-state index in [0.717, 1.165) is 5.69 Å². The molecule has 0 aliphatic carbocycles. The quantitative estimate of drug-likeness (QED) is 0.577. The maximum atomic E-state index is 10.5. The van der Waals surface area contributed by atoms with Crippen LogP contribution in [0.25, 0.3) is 0 Å². The van der Waals surface area contributed by atoms with Crippen molar-refractivity contribution < 1.29 is 4.79 Å². The minimum Gasteiger partial charge on any atom is -0.300 e. The highest BCUT2D eigenvalue weighted by Crippen LogP contribution is 1.92. The SMILES string of the molecule is CC(=O)Cc1cn(C)nn1. The van der Waals surface area contributed by atoms with Gasteiger partial charge >= 0.3 is 0 Å². The summed E-state index contributed by atoms with van der Waals surface area (Å²) < 4.78 is 1.58. The summed E-state index contributed by atoms with van der Waals surface area (Å²) in [6.07, 6.45) is 2.12. The lowest BCUT2D eigenvalue weighted by atomic mass is 10.2. The van der Waals surface area contributed by atoms with E-state index in [1.165, 1.54) is 6.92 Å². The van der Waals surface area contributed by atoms with Crippen molar-refractivity contribution in [1.29, 1.82) is 0 Å². The van der Waals surface area contributed by atoms with E-state index in [1.54, 1.807) is 17.9 Å². The highest BCUT2D eigenvalue weighted by atomic mass is 16.1. The molecule has 1 aromatic heterocycles. The molecule has 0 saturated heterocycles. The van der Waals surface area contributed by atoms with Gasteiger partial charge in [0.25, 0.3) is 0 Å². The van der Waals surface area contributed by atoms with Gasteiger partial charge in [0.1, 0.15) is 5.78 Å². The van der Waals surface area contributed by atoms with Gasteiger partial charge in [-0.05, 0) is 6.92 Å². The number of hydrogen-bond donors (Lipinski definition) is 0. The molecule has 0 atom stereocenters. The summed E-state index contributed by atoms with van der Waals surface area (Å²) in [5.41, 5.74) is 0.731. The summed E-state index contributed by atoms with van der Waals surface area (Å²) in [5, 5.41) is 7.43. The lowest BCUT2D eigenvalue weighted by Gasteiger charge is -1.84. The number of carbonyl (C=O) groups is 1. The van der Waals surface area contributed by atoms with Crippen molar-refractivity contribution in [3.63, 3.8) is 0 Å². The van der Waals surface area contributed by atoms with Gasteiger partial charge in [-0.3, -0.25) is 9.48 Å². The Hall–Kier alpha value is -1.19. The van der Waals surface area contributed by atoms with Crippen LogP contribution >= 0.6 is 0 Å². The fraction of sp³-hybridized carbons (Fsp3) is 0.500. The van der Waals surface area contributed by atoms with Crippen LogP contribution in [0.2, 0.25) is 0 Å². The maximum absolute atomic E-state index is 10.5. The van der Waals surface area contributed by atoms with Crippen LogP contribution in [-0.2, 0) is 18.3 Å². The number of nitrogens with zero attached hydrogens (tertiary/aromatic N) is 3. The van der Waals surface area contributed by atoms with Gasteiger partial charge in [-0.1, -0.05) is 5.21 Å². The molecule has 0 radical (unpaired) electrons. The fourth-order valence-corrected chi connectivity index (χ4v) is 0.731. The zero-order chi connectivity index (χ0) is 7.56. The molecule has 0 unspecified atom stereocenters. The maximum Gasteiger partial charge on any atom is 0.135 e. The van der Waals surface area contributed by atoms with E-state index in [1.807, 2.05) is 0 Å². The second kappa shape index (κ2) is 2.60. The number of aryl methyl sites for hydroxylation is 1. The van der Waals surface area contributed by atoms with Gasteiger partial charge in [-0.2, -0.15) is 0 Å². The molecular weight excluding hydrogens is 130 g/mol. The molecular formula is C6H9N3O. The van der Waals surface area contributed by atoms with Gasteiger partial charge in [0.2, 0.25) is 0 Å². The first-order chi connectivity index (χ1) is 4.68. The largest absolute Gasteiger partial charge is 0.300 e. The monoisotopic (exact) mass is 139 g/mol. The van der Waals surface area contributed by atoms with Gasteiger partial charge in [0.15, 0.2) is 0 Å². The number of carbonyl (C=O) groups excluding carboxylic acids is 1. The van der Waals surface area contributed by atoms with E-state index in [2.05, 4.69) is 10.3 Å². The summed E-state index contributed by atoms with van der Waals surface area (Å²) in [5.74, 6) is 0.112. The topological polar surface area (TPSA) is 47.8 Å². The number of ketones is 1. The minimum absolute atomic E-state index is 0.112. The summed E-state index contributed by atoms with van der Waals surface area (Å²) >= 11 is 0. The zero-order valence-corrected chi connectivity index (χ0v) is 6.03. The van der Waals surface area contributed by atoms with E-state index >= 15 is 0 Å². The van der Waals surface area contributed by atoms with Crippen LogP contribution in [0, 0.1) is 0 Å². The van der Waals surface area contributed by atoms with E-state index in [9.17, 15) is 4.79 Å². The van der Waals surface area contributed by atoms with E-state index < -0.39 is 0 Å². The molecule has 0 spiro atoms. The number of rotatable bonds is 2. The van der Waals surface area contributed by atoms with Crippen molar-refractivity contribution in [2.45, 2.75) is 13.3 Å². The van der Waals surface area contributed by atoms with Crippen molar-refractivity contribution in [3.05, 3.63) is 11.9 Å². The van der Waals surface area contributed by atoms with E-state index in [-0.39, 0.29) is 5.78 Å². The Kier molecular flexibility index (Phi) is 1.80. The Labute approximate surface area is 58.8 Å². The van der Waals surface area contributed by atoms with Gasteiger partial charge in [0, 0.05) is 13.2 Å². The average Bonchev–Trinajstić information content (AvgIpc) is 2.13. The molecule has 54 valence electrons. The van der Waals surface area contributed by atoms with Gasteiger partial charge in [-0.25, -0.2) is 0 Å². The Balaban J connectivity index is 2.67. The summed E-state index contributed by atoms with van der Waals surface area (Å²) in [6, 6.07) is 0. The number of aromatic nitrogens is 3. The number of Topliss-reactive ketones (excluding diaryl/α,β-unsaturated/α-hetero) is 1. The molecule has 4 nitrogen and oxygen atoms in total. The fourth-order valence-electron chi connectivity index (χ4n) is 0.731. The predicted octanol–water partition coefficient (Wildman–Crippen LogP) is -0.0534. The highest BCUT2D eigenvalue weighted by molar-refractivity contribution is 5.77. The van der Waals surface area contributed by atoms with Gasteiger partial charge < -0.3 is 0 Å². The first-order valence-corrected chi connectivity index (χ1v) is 3.03. The standard InChI is InChI=1S/C6H9N3O/c1-5(10)3-6-4-9(2)8-7-6/h4H,3H2,1-2H3. The second-order valence-corrected chi connectivity index (χ2v) is 2.26. The van der Waals surface area contributed by atoms with Crippen LogP contribution in [0.15, 0.2) is 6.20 Å². The van der Waals surface area contributed by atoms with Crippen LogP contribution in [0.4, 0.5) is 0 Å². The molecule has 1 aromatic rings.